The summed E-state index contributed by atoms with van der Waals surface area (Å²) in [5.74, 6) is 2.98. The zero-order valence-corrected chi connectivity index (χ0v) is 9.19. The summed E-state index contributed by atoms with van der Waals surface area (Å²) in [6.07, 6.45) is 12.4. The van der Waals surface area contributed by atoms with Gasteiger partial charge in [-0.2, -0.15) is 0 Å². The van der Waals surface area contributed by atoms with Crippen molar-refractivity contribution in [3.63, 3.8) is 0 Å². The first-order valence-corrected chi connectivity index (χ1v) is 6.44. The Morgan fingerprint density at radius 3 is 1.19 bits per heavy atom. The van der Waals surface area contributed by atoms with Gasteiger partial charge < -0.3 is 0 Å². The Morgan fingerprint density at radius 1 is 0.562 bits per heavy atom. The number of rotatable bonds is 0. The van der Waals surface area contributed by atoms with Crippen LogP contribution in [0.5, 0.6) is 0 Å². The highest BCUT2D eigenvalue weighted by Gasteiger charge is 2.38. The maximum atomic E-state index is 2.53. The van der Waals surface area contributed by atoms with E-state index in [0.29, 0.717) is 0 Å². The van der Waals surface area contributed by atoms with Gasteiger partial charge in [-0.1, -0.05) is 36.4 Å². The number of allylic oxidation sites excluding steroid dienone is 4. The van der Waals surface area contributed by atoms with Crippen molar-refractivity contribution in [1.29, 1.82) is 0 Å². The third-order valence-electron chi connectivity index (χ3n) is 5.05. The third kappa shape index (κ3) is 0.733. The van der Waals surface area contributed by atoms with Crippen LogP contribution in [0, 0.1) is 0 Å². The molecule has 1 aromatic rings. The minimum Gasteiger partial charge on any atom is -0.0804 e. The molecule has 5 rings (SSSR count). The maximum absolute atomic E-state index is 2.53. The lowest BCUT2D eigenvalue weighted by Crippen LogP contribution is -2.00. The molecule has 78 valence electrons. The van der Waals surface area contributed by atoms with E-state index < -0.39 is 0 Å². The third-order valence-corrected chi connectivity index (χ3v) is 5.05. The molecule has 0 amide bonds. The van der Waals surface area contributed by atoms with Crippen molar-refractivity contribution in [1.82, 2.24) is 0 Å². The Balaban J connectivity index is 1.80. The fourth-order valence-electron chi connectivity index (χ4n) is 4.27. The van der Waals surface area contributed by atoms with Gasteiger partial charge in [-0.05, 0) is 35.1 Å². The van der Waals surface area contributed by atoms with Gasteiger partial charge in [0.05, 0.1) is 0 Å². The summed E-state index contributed by atoms with van der Waals surface area (Å²) in [7, 11) is 0. The summed E-state index contributed by atoms with van der Waals surface area (Å²) in [6, 6.07) is 5.07. The quantitative estimate of drug-likeness (QED) is 0.563. The van der Waals surface area contributed by atoms with Crippen LogP contribution < -0.4 is 0 Å². The molecule has 4 bridgehead atoms. The molecule has 0 N–H and O–H groups in total. The van der Waals surface area contributed by atoms with Crippen LogP contribution in [-0.4, -0.2) is 0 Å². The van der Waals surface area contributed by atoms with Gasteiger partial charge >= 0.3 is 0 Å². The summed E-state index contributed by atoms with van der Waals surface area (Å²) in [5.41, 5.74) is 6.58. The molecular formula is C16H14. The number of benzene rings is 1. The largest absolute Gasteiger partial charge is 0.0804 e. The average Bonchev–Trinajstić information content (AvgIpc) is 3.07. The van der Waals surface area contributed by atoms with E-state index in [1.807, 2.05) is 0 Å². The van der Waals surface area contributed by atoms with E-state index in [0.717, 1.165) is 23.7 Å². The Kier molecular flexibility index (Phi) is 1.16. The molecule has 0 fully saturated rings. The van der Waals surface area contributed by atoms with Gasteiger partial charge in [0.1, 0.15) is 0 Å². The van der Waals surface area contributed by atoms with E-state index in [2.05, 4.69) is 36.4 Å². The van der Waals surface area contributed by atoms with E-state index in [1.54, 1.807) is 22.3 Å². The monoisotopic (exact) mass is 206 g/mol. The molecule has 4 aliphatic carbocycles. The molecule has 16 heavy (non-hydrogen) atoms. The van der Waals surface area contributed by atoms with Gasteiger partial charge in [-0.15, -0.1) is 0 Å². The molecule has 4 atom stereocenters. The first-order chi connectivity index (χ1) is 7.90. The van der Waals surface area contributed by atoms with E-state index in [1.165, 1.54) is 12.8 Å². The van der Waals surface area contributed by atoms with Crippen LogP contribution in [-0.2, 0) is 0 Å². The fourth-order valence-corrected chi connectivity index (χ4v) is 4.27. The van der Waals surface area contributed by atoms with Gasteiger partial charge in [0, 0.05) is 23.7 Å². The number of fused-ring (bicyclic) bond motifs is 10. The lowest BCUT2D eigenvalue weighted by molar-refractivity contribution is 0.792. The van der Waals surface area contributed by atoms with E-state index >= 15 is 0 Å². The van der Waals surface area contributed by atoms with Crippen LogP contribution in [0.2, 0.25) is 0 Å². The van der Waals surface area contributed by atoms with Gasteiger partial charge in [0.25, 0.3) is 0 Å². The van der Waals surface area contributed by atoms with Gasteiger partial charge in [-0.3, -0.25) is 0 Å². The molecule has 0 saturated carbocycles. The zero-order chi connectivity index (χ0) is 10.3. The number of hydrogen-bond donors (Lipinski definition) is 0. The van der Waals surface area contributed by atoms with Gasteiger partial charge in [-0.25, -0.2) is 0 Å². The summed E-state index contributed by atoms with van der Waals surface area (Å²) >= 11 is 0. The predicted molar refractivity (Wildman–Crippen MR) is 64.9 cm³/mol. The lowest BCUT2D eigenvalue weighted by Gasteiger charge is -2.17. The summed E-state index contributed by atoms with van der Waals surface area (Å²) in [6.45, 7) is 0. The minimum atomic E-state index is 0.744. The van der Waals surface area contributed by atoms with Crippen molar-refractivity contribution in [3.05, 3.63) is 58.7 Å². The van der Waals surface area contributed by atoms with Crippen LogP contribution >= 0.6 is 0 Å². The van der Waals surface area contributed by atoms with Crippen LogP contribution in [0.15, 0.2) is 36.4 Å². The van der Waals surface area contributed by atoms with Gasteiger partial charge in [0.15, 0.2) is 0 Å². The molecule has 0 heterocycles. The molecular weight excluding hydrogens is 192 g/mol. The first-order valence-electron chi connectivity index (χ1n) is 6.44. The second kappa shape index (κ2) is 2.34. The van der Waals surface area contributed by atoms with E-state index in [9.17, 15) is 0 Å². The molecule has 0 aromatic heterocycles. The predicted octanol–water partition coefficient (Wildman–Crippen LogP) is 3.97. The van der Waals surface area contributed by atoms with Gasteiger partial charge in [0.2, 0.25) is 0 Å². The molecule has 1 aromatic carbocycles. The number of hydrogen-bond acceptors (Lipinski definition) is 0. The lowest BCUT2D eigenvalue weighted by atomic mass is 9.88. The highest BCUT2D eigenvalue weighted by atomic mass is 14.4. The Labute approximate surface area is 95.7 Å². The van der Waals surface area contributed by atoms with E-state index in [4.69, 9.17) is 0 Å². The normalized spacial score (nSPS) is 39.5. The van der Waals surface area contributed by atoms with Crippen LogP contribution in [0.25, 0.3) is 0 Å². The molecule has 0 heteroatoms. The Hall–Kier alpha value is -1.30. The molecule has 4 aliphatic rings. The van der Waals surface area contributed by atoms with Crippen molar-refractivity contribution in [2.45, 2.75) is 36.5 Å². The van der Waals surface area contributed by atoms with Crippen molar-refractivity contribution in [3.8, 4) is 0 Å². The van der Waals surface area contributed by atoms with Crippen molar-refractivity contribution in [2.24, 2.45) is 0 Å². The van der Waals surface area contributed by atoms with Crippen molar-refractivity contribution >= 4 is 0 Å². The second-order valence-electron chi connectivity index (χ2n) is 5.78. The fraction of sp³-hybridized carbons (Fsp3) is 0.375. The molecule has 0 radical (unpaired) electrons. The van der Waals surface area contributed by atoms with Crippen LogP contribution in [0.3, 0.4) is 0 Å². The standard InChI is InChI=1S/C16H14/c1-2-10-5-9(1)13-7-15-11-3-4-12(6-11)16(15)8-14(10)13/h1-4,7-12H,5-6H2/t9-,10-,11-,12+/m0/s1. The second-order valence-corrected chi connectivity index (χ2v) is 5.78. The Bertz CT molecular complexity index is 467. The molecule has 0 nitrogen and oxygen atoms in total. The molecule has 0 aliphatic heterocycles. The van der Waals surface area contributed by atoms with Crippen molar-refractivity contribution in [2.75, 3.05) is 0 Å². The topological polar surface area (TPSA) is 0 Å². The average molecular weight is 206 g/mol. The first kappa shape index (κ1) is 7.89. The highest BCUT2D eigenvalue weighted by Crippen LogP contribution is 2.55. The SMILES string of the molecule is C1=C[C@H]2C[C@@H]1c1cc3c(cc12)[C@H]1C=C[C@H]3C1. The molecule has 0 saturated heterocycles. The molecule has 0 unspecified atom stereocenters. The minimum absolute atomic E-state index is 0.744. The van der Waals surface area contributed by atoms with Crippen LogP contribution in [0.1, 0.15) is 58.8 Å². The zero-order valence-electron chi connectivity index (χ0n) is 9.19. The summed E-state index contributed by atoms with van der Waals surface area (Å²) in [4.78, 5) is 0. The van der Waals surface area contributed by atoms with E-state index in [-0.39, 0.29) is 0 Å². The highest BCUT2D eigenvalue weighted by molar-refractivity contribution is 5.57. The Morgan fingerprint density at radius 2 is 0.875 bits per heavy atom. The smallest absolute Gasteiger partial charge is 0.00300 e. The van der Waals surface area contributed by atoms with Crippen molar-refractivity contribution < 1.29 is 0 Å². The van der Waals surface area contributed by atoms with Crippen LogP contribution in [0.4, 0.5) is 0 Å². The summed E-state index contributed by atoms with van der Waals surface area (Å²) in [5, 5.41) is 0. The maximum Gasteiger partial charge on any atom is 0.00300 e. The molecule has 0 spiro atoms. The summed E-state index contributed by atoms with van der Waals surface area (Å²) < 4.78 is 0.